The number of benzene rings is 1. The summed E-state index contributed by atoms with van der Waals surface area (Å²) in [6.45, 7) is 0.638. The third-order valence-corrected chi connectivity index (χ3v) is 6.58. The van der Waals surface area contributed by atoms with Crippen LogP contribution in [-0.2, 0) is 11.2 Å². The van der Waals surface area contributed by atoms with Gasteiger partial charge < -0.3 is 10.6 Å². The number of hydrogen-bond donors (Lipinski definition) is 2. The first-order valence-corrected chi connectivity index (χ1v) is 11.6. The summed E-state index contributed by atoms with van der Waals surface area (Å²) >= 11 is 0. The van der Waals surface area contributed by atoms with Crippen molar-refractivity contribution in [3.05, 3.63) is 71.8 Å². The highest BCUT2D eigenvalue weighted by Crippen LogP contribution is 2.39. The number of pyridine rings is 1. The highest BCUT2D eigenvalue weighted by Gasteiger charge is 2.35. The average molecular weight is 440 g/mol. The minimum atomic E-state index is -0.482. The largest absolute Gasteiger partial charge is 0.354 e. The zero-order valence-corrected chi connectivity index (χ0v) is 18.2. The molecule has 6 rings (SSSR count). The molecule has 0 bridgehead atoms. The van der Waals surface area contributed by atoms with Gasteiger partial charge in [0.05, 0.1) is 17.1 Å². The van der Waals surface area contributed by atoms with E-state index in [1.54, 1.807) is 6.20 Å². The lowest BCUT2D eigenvalue weighted by atomic mass is 9.95. The fourth-order valence-corrected chi connectivity index (χ4v) is 4.93. The molecule has 2 aliphatic rings. The van der Waals surface area contributed by atoms with E-state index in [4.69, 9.17) is 15.1 Å². The molecule has 1 aliphatic carbocycles. The Morgan fingerprint density at radius 3 is 2.76 bits per heavy atom. The van der Waals surface area contributed by atoms with Gasteiger partial charge in [0.15, 0.2) is 5.65 Å². The molecular formula is C25H25N7O. The van der Waals surface area contributed by atoms with Crippen molar-refractivity contribution in [1.82, 2.24) is 24.7 Å². The number of para-hydroxylation sites is 1. The van der Waals surface area contributed by atoms with E-state index >= 15 is 0 Å². The summed E-state index contributed by atoms with van der Waals surface area (Å²) in [5, 5.41) is 12.0. The van der Waals surface area contributed by atoms with Crippen LogP contribution in [0.25, 0.3) is 11.0 Å². The van der Waals surface area contributed by atoms with Gasteiger partial charge in [-0.05, 0) is 36.6 Å². The van der Waals surface area contributed by atoms with Crippen molar-refractivity contribution >= 4 is 28.6 Å². The van der Waals surface area contributed by atoms with Gasteiger partial charge >= 0.3 is 0 Å². The second-order valence-electron chi connectivity index (χ2n) is 8.72. The van der Waals surface area contributed by atoms with Crippen molar-refractivity contribution in [3.8, 4) is 0 Å². The molecule has 2 N–H and O–H groups in total. The van der Waals surface area contributed by atoms with Gasteiger partial charge in [-0.15, -0.1) is 0 Å². The lowest BCUT2D eigenvalue weighted by Gasteiger charge is -2.12. The SMILES string of the molecule is O=C1Nc2ccccc2C1c1nc(NCCc2ccccn2)nc2nn(C3CCCC3)cc12. The first kappa shape index (κ1) is 19.8. The first-order chi connectivity index (χ1) is 16.3. The quantitative estimate of drug-likeness (QED) is 0.470. The van der Waals surface area contributed by atoms with Gasteiger partial charge in [-0.3, -0.25) is 14.5 Å². The molecule has 1 fully saturated rings. The fourth-order valence-electron chi connectivity index (χ4n) is 4.93. The zero-order valence-electron chi connectivity index (χ0n) is 18.2. The minimum Gasteiger partial charge on any atom is -0.354 e. The number of rotatable bonds is 6. The molecular weight excluding hydrogens is 414 g/mol. The smallest absolute Gasteiger partial charge is 0.238 e. The summed E-state index contributed by atoms with van der Waals surface area (Å²) in [6.07, 6.45) is 9.27. The summed E-state index contributed by atoms with van der Waals surface area (Å²) in [4.78, 5) is 26.9. The number of anilines is 2. The summed E-state index contributed by atoms with van der Waals surface area (Å²) in [5.74, 6) is -0.0594. The number of aromatic nitrogens is 5. The second kappa shape index (κ2) is 8.27. The maximum Gasteiger partial charge on any atom is 0.238 e. The number of carbonyl (C=O) groups excluding carboxylic acids is 1. The fraction of sp³-hybridized carbons (Fsp3) is 0.320. The first-order valence-electron chi connectivity index (χ1n) is 11.6. The van der Waals surface area contributed by atoms with Crippen LogP contribution >= 0.6 is 0 Å². The predicted molar refractivity (Wildman–Crippen MR) is 126 cm³/mol. The van der Waals surface area contributed by atoms with Crippen LogP contribution in [0.15, 0.2) is 54.9 Å². The Bertz CT molecular complexity index is 1310. The van der Waals surface area contributed by atoms with Gasteiger partial charge in [-0.2, -0.15) is 10.1 Å². The Morgan fingerprint density at radius 2 is 1.91 bits per heavy atom. The van der Waals surface area contributed by atoms with Gasteiger partial charge in [-0.1, -0.05) is 37.1 Å². The summed E-state index contributed by atoms with van der Waals surface area (Å²) in [7, 11) is 0. The summed E-state index contributed by atoms with van der Waals surface area (Å²) in [5.41, 5.74) is 4.11. The van der Waals surface area contributed by atoms with Gasteiger partial charge in [0.1, 0.15) is 5.92 Å². The Morgan fingerprint density at radius 1 is 1.06 bits per heavy atom. The van der Waals surface area contributed by atoms with Crippen molar-refractivity contribution < 1.29 is 4.79 Å². The van der Waals surface area contributed by atoms with Crippen LogP contribution < -0.4 is 10.6 Å². The van der Waals surface area contributed by atoms with Crippen LogP contribution in [-0.4, -0.2) is 37.2 Å². The van der Waals surface area contributed by atoms with E-state index in [1.807, 2.05) is 53.3 Å². The Kier molecular flexibility index (Phi) is 4.97. The molecule has 1 atom stereocenters. The number of nitrogens with one attached hydrogen (secondary N) is 2. The monoisotopic (exact) mass is 439 g/mol. The molecule has 0 saturated heterocycles. The van der Waals surface area contributed by atoms with Gasteiger partial charge in [0.25, 0.3) is 0 Å². The highest BCUT2D eigenvalue weighted by molar-refractivity contribution is 6.06. The molecule has 1 amide bonds. The molecule has 0 spiro atoms. The number of nitrogens with zero attached hydrogens (tertiary/aromatic N) is 5. The molecule has 1 unspecified atom stereocenters. The molecule has 8 heteroatoms. The standard InChI is InChI=1S/C25H25N7O/c33-24-21(18-10-3-4-11-20(18)28-24)22-19-15-32(17-8-1-2-9-17)31-23(19)30-25(29-22)27-14-12-16-7-5-6-13-26-16/h3-7,10-11,13,15,17,21H,1-2,8-9,12,14H2,(H,28,33)(H,27,30,31). The van der Waals surface area contributed by atoms with Gasteiger partial charge in [0.2, 0.25) is 11.9 Å². The summed E-state index contributed by atoms with van der Waals surface area (Å²) in [6, 6.07) is 14.1. The lowest BCUT2D eigenvalue weighted by Crippen LogP contribution is -2.17. The molecule has 4 heterocycles. The normalized spacial score (nSPS) is 17.9. The van der Waals surface area contributed by atoms with E-state index in [9.17, 15) is 4.79 Å². The van der Waals surface area contributed by atoms with E-state index in [0.717, 1.165) is 41.6 Å². The molecule has 4 aromatic rings. The third kappa shape index (κ3) is 3.71. The highest BCUT2D eigenvalue weighted by atomic mass is 16.2. The van der Waals surface area contributed by atoms with Crippen LogP contribution in [0.1, 0.15) is 54.6 Å². The van der Waals surface area contributed by atoms with Crippen LogP contribution in [0.3, 0.4) is 0 Å². The number of carbonyl (C=O) groups is 1. The molecule has 1 saturated carbocycles. The maximum absolute atomic E-state index is 13.0. The molecule has 1 aliphatic heterocycles. The average Bonchev–Trinajstić information content (AvgIpc) is 3.57. The van der Waals surface area contributed by atoms with E-state index in [1.165, 1.54) is 12.8 Å². The Labute approximate surface area is 191 Å². The molecule has 1 aromatic carbocycles. The van der Waals surface area contributed by atoms with Crippen LogP contribution in [0.4, 0.5) is 11.6 Å². The lowest BCUT2D eigenvalue weighted by molar-refractivity contribution is -0.116. The topological polar surface area (TPSA) is 97.6 Å². The second-order valence-corrected chi connectivity index (χ2v) is 8.72. The molecule has 3 aromatic heterocycles. The molecule has 0 radical (unpaired) electrons. The van der Waals surface area contributed by atoms with Crippen molar-refractivity contribution in [2.24, 2.45) is 0 Å². The van der Waals surface area contributed by atoms with E-state index in [-0.39, 0.29) is 5.91 Å². The Hall–Kier alpha value is -3.81. The number of fused-ring (bicyclic) bond motifs is 2. The predicted octanol–water partition coefficient (Wildman–Crippen LogP) is 4.08. The van der Waals surface area contributed by atoms with E-state index < -0.39 is 5.92 Å². The number of hydrogen-bond acceptors (Lipinski definition) is 6. The van der Waals surface area contributed by atoms with Gasteiger partial charge in [-0.25, -0.2) is 4.98 Å². The third-order valence-electron chi connectivity index (χ3n) is 6.58. The summed E-state index contributed by atoms with van der Waals surface area (Å²) < 4.78 is 2.03. The molecule has 8 nitrogen and oxygen atoms in total. The molecule has 166 valence electrons. The molecule has 33 heavy (non-hydrogen) atoms. The van der Waals surface area contributed by atoms with Crippen LogP contribution in [0, 0.1) is 0 Å². The van der Waals surface area contributed by atoms with Crippen LogP contribution in [0.5, 0.6) is 0 Å². The van der Waals surface area contributed by atoms with Crippen molar-refractivity contribution in [3.63, 3.8) is 0 Å². The Balaban J connectivity index is 1.39. The van der Waals surface area contributed by atoms with E-state index in [2.05, 4.69) is 15.6 Å². The minimum absolute atomic E-state index is 0.0655. The van der Waals surface area contributed by atoms with Gasteiger partial charge in [0, 0.05) is 36.7 Å². The zero-order chi connectivity index (χ0) is 22.2. The maximum atomic E-state index is 13.0. The van der Waals surface area contributed by atoms with E-state index in [0.29, 0.717) is 29.9 Å². The number of amides is 1. The van der Waals surface area contributed by atoms with Crippen molar-refractivity contribution in [1.29, 1.82) is 0 Å². The van der Waals surface area contributed by atoms with Crippen molar-refractivity contribution in [2.45, 2.75) is 44.1 Å². The van der Waals surface area contributed by atoms with Crippen molar-refractivity contribution in [2.75, 3.05) is 17.2 Å². The van der Waals surface area contributed by atoms with Crippen LogP contribution in [0.2, 0.25) is 0 Å².